The third-order valence-electron chi connectivity index (χ3n) is 2.23. The van der Waals surface area contributed by atoms with Crippen LogP contribution in [0.4, 0.5) is 15.3 Å². The number of nitrogens with one attached hydrogen (secondary N) is 1. The maximum atomic E-state index is 11.2. The molecule has 3 amide bonds. The molecule has 6 nitrogen and oxygen atoms in total. The molecule has 0 fully saturated rings. The van der Waals surface area contributed by atoms with Crippen LogP contribution in [0.2, 0.25) is 0 Å². The number of rotatable bonds is 1. The van der Waals surface area contributed by atoms with Crippen molar-refractivity contribution in [2.75, 3.05) is 5.32 Å². The lowest BCUT2D eigenvalue weighted by Gasteiger charge is -2.19. The summed E-state index contributed by atoms with van der Waals surface area (Å²) in [5, 5.41) is 16.3. The van der Waals surface area contributed by atoms with E-state index in [2.05, 4.69) is 36.3 Å². The lowest BCUT2D eigenvalue weighted by molar-refractivity contribution is 0.203. The number of benzene rings is 1. The fraction of sp³-hybridized carbons (Fsp3) is 0.333. The van der Waals surface area contributed by atoms with Gasteiger partial charge in [-0.3, -0.25) is 0 Å². The van der Waals surface area contributed by atoms with Gasteiger partial charge in [0.05, 0.1) is 0 Å². The highest BCUT2D eigenvalue weighted by Gasteiger charge is 2.13. The van der Waals surface area contributed by atoms with Gasteiger partial charge in [0, 0.05) is 5.69 Å². The number of hydrogen-bond acceptors (Lipinski definition) is 2. The summed E-state index contributed by atoms with van der Waals surface area (Å²) in [6.45, 7) is 6.25. The summed E-state index contributed by atoms with van der Waals surface area (Å²) in [7, 11) is 0. The smallest absolute Gasteiger partial charge is 0.450 e. The Morgan fingerprint density at radius 3 is 2.11 bits per heavy atom. The van der Waals surface area contributed by atoms with Crippen LogP contribution in [-0.2, 0) is 5.41 Å². The van der Waals surface area contributed by atoms with Crippen LogP contribution >= 0.6 is 0 Å². The van der Waals surface area contributed by atoms with Crippen LogP contribution in [0.25, 0.3) is 0 Å². The third kappa shape index (κ3) is 4.32. The van der Waals surface area contributed by atoms with Gasteiger partial charge in [-0.25, -0.2) is 9.59 Å². The van der Waals surface area contributed by atoms with Gasteiger partial charge in [-0.15, -0.1) is 0 Å². The highest BCUT2D eigenvalue weighted by molar-refractivity contribution is 5.90. The number of carboxylic acid groups (broad SMARTS) is 1. The van der Waals surface area contributed by atoms with Crippen molar-refractivity contribution in [2.24, 2.45) is 10.2 Å². The van der Waals surface area contributed by atoms with Crippen molar-refractivity contribution in [2.45, 2.75) is 26.2 Å². The quantitative estimate of drug-likeness (QED) is 0.744. The van der Waals surface area contributed by atoms with E-state index in [9.17, 15) is 9.59 Å². The third-order valence-corrected chi connectivity index (χ3v) is 2.23. The van der Waals surface area contributed by atoms with Gasteiger partial charge in [-0.05, 0) is 23.1 Å². The Morgan fingerprint density at radius 1 is 1.11 bits per heavy atom. The molecule has 0 saturated heterocycles. The fourth-order valence-electron chi connectivity index (χ4n) is 1.29. The molecular weight excluding hydrogens is 234 g/mol. The van der Waals surface area contributed by atoms with Crippen LogP contribution in [0.1, 0.15) is 26.3 Å². The Kier molecular flexibility index (Phi) is 4.14. The Balaban J connectivity index is 2.70. The molecule has 0 aliphatic carbocycles. The second-order valence-electron chi connectivity index (χ2n) is 4.74. The Bertz CT molecular complexity index is 472. The summed E-state index contributed by atoms with van der Waals surface area (Å²) in [4.78, 5) is 21.2. The summed E-state index contributed by atoms with van der Waals surface area (Å²) < 4.78 is 0. The molecule has 0 aliphatic heterocycles. The predicted octanol–water partition coefficient (Wildman–Crippen LogP) is 3.65. The second-order valence-corrected chi connectivity index (χ2v) is 4.74. The van der Waals surface area contributed by atoms with E-state index in [0.717, 1.165) is 5.56 Å². The van der Waals surface area contributed by atoms with E-state index in [-0.39, 0.29) is 5.41 Å². The van der Waals surface area contributed by atoms with Gasteiger partial charge in [0.25, 0.3) is 0 Å². The van der Waals surface area contributed by atoms with Crippen LogP contribution in [0.15, 0.2) is 34.5 Å². The molecule has 2 N–H and O–H groups in total. The fourth-order valence-corrected chi connectivity index (χ4v) is 1.29. The first-order chi connectivity index (χ1) is 8.29. The van der Waals surface area contributed by atoms with Crippen LogP contribution < -0.4 is 5.32 Å². The van der Waals surface area contributed by atoms with Gasteiger partial charge in [0.15, 0.2) is 0 Å². The van der Waals surface area contributed by atoms with Gasteiger partial charge >= 0.3 is 12.1 Å². The number of azo groups is 1. The summed E-state index contributed by atoms with van der Waals surface area (Å²) in [6, 6.07) is 6.43. The lowest BCUT2D eigenvalue weighted by Crippen LogP contribution is -2.11. The molecule has 1 aromatic carbocycles. The molecule has 0 heterocycles. The monoisotopic (exact) mass is 249 g/mol. The molecule has 0 spiro atoms. The van der Waals surface area contributed by atoms with Crippen molar-refractivity contribution in [3.05, 3.63) is 29.8 Å². The molecule has 96 valence electrons. The molecule has 0 unspecified atom stereocenters. The van der Waals surface area contributed by atoms with E-state index in [0.29, 0.717) is 5.69 Å². The van der Waals surface area contributed by atoms with Gasteiger partial charge in [-0.1, -0.05) is 43.1 Å². The molecular formula is C12H15N3O3. The molecule has 0 radical (unpaired) electrons. The van der Waals surface area contributed by atoms with E-state index >= 15 is 0 Å². The molecule has 0 bridgehead atoms. The summed E-state index contributed by atoms with van der Waals surface area (Å²) in [5.74, 6) is 0. The number of carbonyl (C=O) groups is 2. The SMILES string of the molecule is CC(C)(C)c1ccc(NC(=O)/N=N/C(=O)O)cc1. The van der Waals surface area contributed by atoms with E-state index in [1.54, 1.807) is 12.1 Å². The zero-order valence-electron chi connectivity index (χ0n) is 10.5. The van der Waals surface area contributed by atoms with E-state index in [1.165, 1.54) is 0 Å². The predicted molar refractivity (Wildman–Crippen MR) is 67.0 cm³/mol. The van der Waals surface area contributed by atoms with Gasteiger partial charge in [0.2, 0.25) is 0 Å². The molecule has 1 aromatic rings. The zero-order valence-corrected chi connectivity index (χ0v) is 10.5. The van der Waals surface area contributed by atoms with E-state index in [4.69, 9.17) is 5.11 Å². The minimum atomic E-state index is -1.51. The Labute approximate surface area is 105 Å². The number of hydrogen-bond donors (Lipinski definition) is 2. The normalized spacial score (nSPS) is 11.5. The maximum Gasteiger partial charge on any atom is 0.450 e. The lowest BCUT2D eigenvalue weighted by atomic mass is 9.87. The Morgan fingerprint density at radius 2 is 1.67 bits per heavy atom. The summed E-state index contributed by atoms with van der Waals surface area (Å²) >= 11 is 0. The number of nitrogens with zero attached hydrogens (tertiary/aromatic N) is 2. The average Bonchev–Trinajstić information content (AvgIpc) is 2.26. The van der Waals surface area contributed by atoms with Crippen molar-refractivity contribution in [1.82, 2.24) is 0 Å². The average molecular weight is 249 g/mol. The number of carbonyl (C=O) groups excluding carboxylic acids is 1. The van der Waals surface area contributed by atoms with Gasteiger partial charge in [0.1, 0.15) is 0 Å². The number of amides is 3. The molecule has 0 saturated carbocycles. The molecule has 0 atom stereocenters. The molecule has 18 heavy (non-hydrogen) atoms. The first kappa shape index (κ1) is 13.8. The minimum Gasteiger partial charge on any atom is -0.462 e. The number of anilines is 1. The van der Waals surface area contributed by atoms with E-state index < -0.39 is 12.1 Å². The minimum absolute atomic E-state index is 0.0333. The van der Waals surface area contributed by atoms with Crippen molar-refractivity contribution in [1.29, 1.82) is 0 Å². The number of urea groups is 1. The largest absolute Gasteiger partial charge is 0.462 e. The van der Waals surface area contributed by atoms with Crippen LogP contribution in [0.3, 0.4) is 0 Å². The molecule has 1 rings (SSSR count). The van der Waals surface area contributed by atoms with Crippen LogP contribution in [0, 0.1) is 0 Å². The highest BCUT2D eigenvalue weighted by Crippen LogP contribution is 2.23. The zero-order chi connectivity index (χ0) is 13.8. The Hall–Kier alpha value is -2.24. The van der Waals surface area contributed by atoms with Crippen LogP contribution in [-0.4, -0.2) is 17.2 Å². The van der Waals surface area contributed by atoms with Crippen molar-refractivity contribution in [3.63, 3.8) is 0 Å². The first-order valence-corrected chi connectivity index (χ1v) is 5.35. The highest BCUT2D eigenvalue weighted by atomic mass is 16.4. The molecule has 0 aliphatic rings. The van der Waals surface area contributed by atoms with Crippen molar-refractivity contribution < 1.29 is 14.7 Å². The van der Waals surface area contributed by atoms with Crippen molar-refractivity contribution >= 4 is 17.8 Å². The molecule has 0 aromatic heterocycles. The standard InChI is InChI=1S/C12H15N3O3/c1-12(2,3)8-4-6-9(7-5-8)13-10(16)14-15-11(17)18/h4-7H,1-3H3,(H,13,16)(H,17,18)/b15-14+. The van der Waals surface area contributed by atoms with Crippen LogP contribution in [0.5, 0.6) is 0 Å². The topological polar surface area (TPSA) is 91.1 Å². The first-order valence-electron chi connectivity index (χ1n) is 5.35. The molecule has 6 heteroatoms. The maximum absolute atomic E-state index is 11.2. The van der Waals surface area contributed by atoms with Gasteiger partial charge in [-0.2, -0.15) is 0 Å². The van der Waals surface area contributed by atoms with Gasteiger partial charge < -0.3 is 10.4 Å². The summed E-state index contributed by atoms with van der Waals surface area (Å²) in [5.41, 5.74) is 1.70. The summed E-state index contributed by atoms with van der Waals surface area (Å²) in [6.07, 6.45) is -1.51. The van der Waals surface area contributed by atoms with E-state index in [1.807, 2.05) is 12.1 Å². The van der Waals surface area contributed by atoms with Crippen molar-refractivity contribution in [3.8, 4) is 0 Å². The second kappa shape index (κ2) is 5.39.